The van der Waals surface area contributed by atoms with Gasteiger partial charge in [0.15, 0.2) is 0 Å². The van der Waals surface area contributed by atoms with Gasteiger partial charge < -0.3 is 5.11 Å². The van der Waals surface area contributed by atoms with Gasteiger partial charge in [0, 0.05) is 13.1 Å². The number of hydrogen-bond acceptors (Lipinski definition) is 4. The smallest absolute Gasteiger partial charge is 0.250 e. The summed E-state index contributed by atoms with van der Waals surface area (Å²) in [6.07, 6.45) is 0.489. The van der Waals surface area contributed by atoms with E-state index in [1.807, 2.05) is 18.7 Å². The lowest BCUT2D eigenvalue weighted by molar-refractivity contribution is -0.127. The number of carbonyl (C=O) groups excluding carboxylic acids is 1. The van der Waals surface area contributed by atoms with Crippen LogP contribution in [0.1, 0.15) is 20.3 Å². The molecule has 0 aromatic heterocycles. The van der Waals surface area contributed by atoms with Crippen molar-refractivity contribution >= 4 is 5.91 Å². The van der Waals surface area contributed by atoms with Gasteiger partial charge in [-0.05, 0) is 19.3 Å². The first-order chi connectivity index (χ1) is 6.56. The second-order valence-electron chi connectivity index (χ2n) is 4.01. The predicted molar refractivity (Wildman–Crippen MR) is 53.2 cm³/mol. The molecule has 1 heterocycles. The van der Waals surface area contributed by atoms with Gasteiger partial charge in [-0.1, -0.05) is 6.92 Å². The van der Waals surface area contributed by atoms with Crippen LogP contribution in [-0.2, 0) is 4.79 Å². The van der Waals surface area contributed by atoms with Crippen molar-refractivity contribution in [3.8, 4) is 0 Å². The molecule has 1 fully saturated rings. The van der Waals surface area contributed by atoms with Crippen molar-refractivity contribution in [2.24, 2.45) is 11.8 Å². The number of carbonyl (C=O) groups is 1. The highest BCUT2D eigenvalue weighted by Gasteiger charge is 2.29. The molecular formula is C9H19N3O2. The zero-order valence-corrected chi connectivity index (χ0v) is 8.73. The third kappa shape index (κ3) is 2.43. The van der Waals surface area contributed by atoms with Crippen molar-refractivity contribution in [3.63, 3.8) is 0 Å². The van der Waals surface area contributed by atoms with E-state index in [0.717, 1.165) is 19.5 Å². The summed E-state index contributed by atoms with van der Waals surface area (Å²) < 4.78 is 0. The number of amides is 1. The molecule has 0 saturated carbocycles. The molecular weight excluding hydrogens is 182 g/mol. The lowest BCUT2D eigenvalue weighted by Gasteiger charge is -2.37. The monoisotopic (exact) mass is 201 g/mol. The predicted octanol–water partition coefficient (Wildman–Crippen LogP) is -0.932. The number of hydrazine groups is 1. The van der Waals surface area contributed by atoms with Crippen LogP contribution in [0, 0.1) is 5.92 Å². The number of nitrogens with zero attached hydrogens (tertiary/aromatic N) is 1. The van der Waals surface area contributed by atoms with Crippen LogP contribution in [0.3, 0.4) is 0 Å². The number of rotatable bonds is 2. The van der Waals surface area contributed by atoms with Gasteiger partial charge in [-0.2, -0.15) is 0 Å². The SMILES string of the molecule is CC1CN(C(C)C(=O)NN)CCC1O. The first kappa shape index (κ1) is 11.4. The van der Waals surface area contributed by atoms with Gasteiger partial charge >= 0.3 is 0 Å². The fraction of sp³-hybridized carbons (Fsp3) is 0.889. The van der Waals surface area contributed by atoms with Crippen molar-refractivity contribution in [1.82, 2.24) is 10.3 Å². The molecule has 0 aliphatic carbocycles. The molecule has 82 valence electrons. The largest absolute Gasteiger partial charge is 0.393 e. The molecule has 3 atom stereocenters. The van der Waals surface area contributed by atoms with E-state index < -0.39 is 0 Å². The molecule has 1 aliphatic heterocycles. The number of aliphatic hydroxyl groups is 1. The molecule has 5 heteroatoms. The summed E-state index contributed by atoms with van der Waals surface area (Å²) in [5, 5.41) is 9.52. The zero-order valence-electron chi connectivity index (χ0n) is 8.73. The summed E-state index contributed by atoms with van der Waals surface area (Å²) in [7, 11) is 0. The molecule has 0 bridgehead atoms. The molecule has 1 rings (SSSR count). The van der Waals surface area contributed by atoms with Gasteiger partial charge in [-0.25, -0.2) is 5.84 Å². The molecule has 5 nitrogen and oxygen atoms in total. The van der Waals surface area contributed by atoms with Gasteiger partial charge in [0.25, 0.3) is 5.91 Å². The van der Waals surface area contributed by atoms with Crippen molar-refractivity contribution in [2.45, 2.75) is 32.4 Å². The van der Waals surface area contributed by atoms with Gasteiger partial charge in [0.1, 0.15) is 0 Å². The fourth-order valence-electron chi connectivity index (χ4n) is 1.80. The zero-order chi connectivity index (χ0) is 10.7. The molecule has 0 aromatic rings. The summed E-state index contributed by atoms with van der Waals surface area (Å²) in [5.41, 5.74) is 2.14. The van der Waals surface area contributed by atoms with E-state index in [4.69, 9.17) is 5.84 Å². The Morgan fingerprint density at radius 3 is 2.86 bits per heavy atom. The molecule has 4 N–H and O–H groups in total. The van der Waals surface area contributed by atoms with Crippen molar-refractivity contribution in [1.29, 1.82) is 0 Å². The standard InChI is InChI=1S/C9H19N3O2/c1-6-5-12(4-3-8(6)13)7(2)9(14)11-10/h6-8,13H,3-5,10H2,1-2H3,(H,11,14). The third-order valence-electron chi connectivity index (χ3n) is 2.96. The fourth-order valence-corrected chi connectivity index (χ4v) is 1.80. The Morgan fingerprint density at radius 2 is 2.36 bits per heavy atom. The van der Waals surface area contributed by atoms with Crippen molar-refractivity contribution in [3.05, 3.63) is 0 Å². The molecule has 0 spiro atoms. The molecule has 1 amide bonds. The summed E-state index contributed by atoms with van der Waals surface area (Å²) >= 11 is 0. The van der Waals surface area contributed by atoms with Crippen LogP contribution in [0.15, 0.2) is 0 Å². The van der Waals surface area contributed by atoms with Crippen LogP contribution in [0.4, 0.5) is 0 Å². The highest BCUT2D eigenvalue weighted by atomic mass is 16.3. The minimum Gasteiger partial charge on any atom is -0.393 e. The van der Waals surface area contributed by atoms with Crippen LogP contribution in [0.2, 0.25) is 0 Å². The quantitative estimate of drug-likeness (QED) is 0.306. The number of nitrogens with two attached hydrogens (primary N) is 1. The summed E-state index contributed by atoms with van der Waals surface area (Å²) in [6, 6.07) is -0.213. The molecule has 14 heavy (non-hydrogen) atoms. The van der Waals surface area contributed by atoms with E-state index in [2.05, 4.69) is 5.43 Å². The first-order valence-corrected chi connectivity index (χ1v) is 4.98. The Hall–Kier alpha value is -0.650. The molecule has 1 saturated heterocycles. The molecule has 3 unspecified atom stereocenters. The van der Waals surface area contributed by atoms with E-state index >= 15 is 0 Å². The maximum absolute atomic E-state index is 11.3. The highest BCUT2D eigenvalue weighted by Crippen LogP contribution is 2.18. The Morgan fingerprint density at radius 1 is 1.71 bits per heavy atom. The number of likely N-dealkylation sites (tertiary alicyclic amines) is 1. The Labute approximate surface area is 84.2 Å². The third-order valence-corrected chi connectivity index (χ3v) is 2.96. The second kappa shape index (κ2) is 4.72. The number of aliphatic hydroxyl groups excluding tert-OH is 1. The minimum atomic E-state index is -0.237. The van der Waals surface area contributed by atoms with E-state index in [1.165, 1.54) is 0 Å². The lowest BCUT2D eigenvalue weighted by atomic mass is 9.95. The van der Waals surface area contributed by atoms with Crippen molar-refractivity contribution in [2.75, 3.05) is 13.1 Å². The Bertz CT molecular complexity index is 210. The van der Waals surface area contributed by atoms with Crippen molar-refractivity contribution < 1.29 is 9.90 Å². The summed E-state index contributed by atoms with van der Waals surface area (Å²) in [6.45, 7) is 5.31. The Balaban J connectivity index is 2.50. The average molecular weight is 201 g/mol. The normalized spacial score (nSPS) is 31.1. The van der Waals surface area contributed by atoms with Crippen LogP contribution in [0.5, 0.6) is 0 Å². The van der Waals surface area contributed by atoms with Crippen LogP contribution in [-0.4, -0.2) is 41.1 Å². The maximum Gasteiger partial charge on any atom is 0.250 e. The van der Waals surface area contributed by atoms with Crippen LogP contribution in [0.25, 0.3) is 0 Å². The lowest BCUT2D eigenvalue weighted by Crippen LogP contribution is -2.52. The maximum atomic E-state index is 11.3. The molecule has 0 aromatic carbocycles. The number of nitrogens with one attached hydrogen (secondary N) is 1. The average Bonchev–Trinajstić information content (AvgIpc) is 2.20. The highest BCUT2D eigenvalue weighted by molar-refractivity contribution is 5.80. The number of hydrogen-bond donors (Lipinski definition) is 3. The van der Waals surface area contributed by atoms with E-state index in [-0.39, 0.29) is 24.0 Å². The summed E-state index contributed by atoms with van der Waals surface area (Å²) in [5.74, 6) is 5.11. The Kier molecular flexibility index (Phi) is 3.86. The summed E-state index contributed by atoms with van der Waals surface area (Å²) in [4.78, 5) is 13.3. The van der Waals surface area contributed by atoms with Crippen LogP contribution < -0.4 is 11.3 Å². The minimum absolute atomic E-state index is 0.173. The van der Waals surface area contributed by atoms with Gasteiger partial charge in [-0.3, -0.25) is 15.1 Å². The van der Waals surface area contributed by atoms with E-state index in [1.54, 1.807) is 0 Å². The topological polar surface area (TPSA) is 78.6 Å². The van der Waals surface area contributed by atoms with Gasteiger partial charge in [-0.15, -0.1) is 0 Å². The second-order valence-corrected chi connectivity index (χ2v) is 4.01. The van der Waals surface area contributed by atoms with E-state index in [9.17, 15) is 9.90 Å². The first-order valence-electron chi connectivity index (χ1n) is 4.98. The van der Waals surface area contributed by atoms with Crippen LogP contribution >= 0.6 is 0 Å². The van der Waals surface area contributed by atoms with Gasteiger partial charge in [0.2, 0.25) is 0 Å². The van der Waals surface area contributed by atoms with Gasteiger partial charge in [0.05, 0.1) is 12.1 Å². The molecule has 1 aliphatic rings. The van der Waals surface area contributed by atoms with E-state index in [0.29, 0.717) is 0 Å². The number of piperidine rings is 1. The molecule has 0 radical (unpaired) electrons.